The minimum atomic E-state index is -0.191. The summed E-state index contributed by atoms with van der Waals surface area (Å²) in [7, 11) is 0. The fourth-order valence-corrected chi connectivity index (χ4v) is 1.63. The van der Waals surface area contributed by atoms with Gasteiger partial charge in [-0.25, -0.2) is 4.39 Å². The second-order valence-corrected chi connectivity index (χ2v) is 4.06. The van der Waals surface area contributed by atoms with Crippen molar-refractivity contribution in [2.75, 3.05) is 6.54 Å². The van der Waals surface area contributed by atoms with Crippen molar-refractivity contribution in [1.29, 1.82) is 0 Å². The molecule has 0 spiro atoms. The molecule has 0 aliphatic heterocycles. The van der Waals surface area contributed by atoms with E-state index in [1.807, 2.05) is 19.1 Å². The molecule has 1 atom stereocenters. The Bertz CT molecular complexity index is 371. The molecule has 0 fully saturated rings. The highest BCUT2D eigenvalue weighted by atomic mass is 19.1. The van der Waals surface area contributed by atoms with Crippen molar-refractivity contribution in [3.05, 3.63) is 41.7 Å². The maximum atomic E-state index is 13.8. The molecule has 1 aromatic rings. The SMILES string of the molecule is C=C(NCC)c1ccc(C(C)CC)cc1F. The number of nitrogens with one attached hydrogen (secondary N) is 1. The van der Waals surface area contributed by atoms with Crippen LogP contribution in [-0.4, -0.2) is 6.54 Å². The fraction of sp³-hybridized carbons (Fsp3) is 0.429. The van der Waals surface area contributed by atoms with E-state index in [-0.39, 0.29) is 5.82 Å². The Morgan fingerprint density at radius 3 is 2.62 bits per heavy atom. The molecule has 0 amide bonds. The van der Waals surface area contributed by atoms with E-state index in [4.69, 9.17) is 0 Å². The van der Waals surface area contributed by atoms with E-state index in [9.17, 15) is 4.39 Å². The van der Waals surface area contributed by atoms with Gasteiger partial charge in [0.25, 0.3) is 0 Å². The molecule has 16 heavy (non-hydrogen) atoms. The Balaban J connectivity index is 2.95. The summed E-state index contributed by atoms with van der Waals surface area (Å²) < 4.78 is 13.8. The van der Waals surface area contributed by atoms with Crippen LogP contribution in [0.4, 0.5) is 4.39 Å². The molecule has 0 saturated carbocycles. The van der Waals surface area contributed by atoms with Crippen LogP contribution in [-0.2, 0) is 0 Å². The lowest BCUT2D eigenvalue weighted by atomic mass is 9.97. The van der Waals surface area contributed by atoms with Gasteiger partial charge in [0.1, 0.15) is 5.82 Å². The summed E-state index contributed by atoms with van der Waals surface area (Å²) in [5.41, 5.74) is 2.26. The van der Waals surface area contributed by atoms with Gasteiger partial charge in [0.05, 0.1) is 0 Å². The topological polar surface area (TPSA) is 12.0 Å². The first-order valence-corrected chi connectivity index (χ1v) is 5.82. The Morgan fingerprint density at radius 1 is 1.44 bits per heavy atom. The van der Waals surface area contributed by atoms with E-state index in [1.165, 1.54) is 0 Å². The second-order valence-electron chi connectivity index (χ2n) is 4.06. The molecule has 0 aromatic heterocycles. The lowest BCUT2D eigenvalue weighted by molar-refractivity contribution is 0.614. The van der Waals surface area contributed by atoms with E-state index >= 15 is 0 Å². The molecule has 2 heteroatoms. The van der Waals surface area contributed by atoms with Gasteiger partial charge in [-0.15, -0.1) is 0 Å². The first kappa shape index (κ1) is 12.8. The van der Waals surface area contributed by atoms with Gasteiger partial charge in [0.15, 0.2) is 0 Å². The Hall–Kier alpha value is -1.31. The summed E-state index contributed by atoms with van der Waals surface area (Å²) in [5, 5.41) is 3.03. The molecular formula is C14H20FN. The number of halogens is 1. The van der Waals surface area contributed by atoms with Gasteiger partial charge < -0.3 is 5.32 Å². The Labute approximate surface area is 97.4 Å². The number of hydrogen-bond acceptors (Lipinski definition) is 1. The highest BCUT2D eigenvalue weighted by Gasteiger charge is 2.09. The standard InChI is InChI=1S/C14H20FN/c1-5-10(3)12-7-8-13(14(15)9-12)11(4)16-6-2/h7-10,16H,4-6H2,1-3H3. The first-order chi connectivity index (χ1) is 7.60. The Kier molecular flexibility index (Phi) is 4.53. The normalized spacial score (nSPS) is 12.2. The lowest BCUT2D eigenvalue weighted by Gasteiger charge is -2.13. The van der Waals surface area contributed by atoms with E-state index < -0.39 is 0 Å². The summed E-state index contributed by atoms with van der Waals surface area (Å²) in [4.78, 5) is 0. The summed E-state index contributed by atoms with van der Waals surface area (Å²) in [5.74, 6) is 0.208. The zero-order valence-corrected chi connectivity index (χ0v) is 10.3. The molecule has 1 nitrogen and oxygen atoms in total. The smallest absolute Gasteiger partial charge is 0.132 e. The minimum absolute atomic E-state index is 0.191. The van der Waals surface area contributed by atoms with Crippen LogP contribution in [0.1, 0.15) is 44.2 Å². The van der Waals surface area contributed by atoms with Crippen LogP contribution in [0, 0.1) is 5.82 Å². The van der Waals surface area contributed by atoms with Crippen LogP contribution >= 0.6 is 0 Å². The Morgan fingerprint density at radius 2 is 2.12 bits per heavy atom. The highest BCUT2D eigenvalue weighted by molar-refractivity contribution is 5.62. The van der Waals surface area contributed by atoms with Gasteiger partial charge in [0, 0.05) is 17.8 Å². The van der Waals surface area contributed by atoms with Gasteiger partial charge in [-0.3, -0.25) is 0 Å². The van der Waals surface area contributed by atoms with Crippen LogP contribution in [0.3, 0.4) is 0 Å². The quantitative estimate of drug-likeness (QED) is 0.794. The molecule has 0 saturated heterocycles. The lowest BCUT2D eigenvalue weighted by Crippen LogP contribution is -2.11. The summed E-state index contributed by atoms with van der Waals surface area (Å²) in [6.07, 6.45) is 1.02. The predicted octanol–water partition coefficient (Wildman–Crippen LogP) is 3.92. The second kappa shape index (κ2) is 5.69. The van der Waals surface area contributed by atoms with E-state index in [0.717, 1.165) is 18.5 Å². The molecule has 0 radical (unpaired) electrons. The van der Waals surface area contributed by atoms with Crippen molar-refractivity contribution >= 4 is 5.70 Å². The number of hydrogen-bond donors (Lipinski definition) is 1. The van der Waals surface area contributed by atoms with Crippen LogP contribution < -0.4 is 5.32 Å². The van der Waals surface area contributed by atoms with Crippen molar-refractivity contribution < 1.29 is 4.39 Å². The molecule has 0 aliphatic carbocycles. The van der Waals surface area contributed by atoms with Crippen LogP contribution in [0.15, 0.2) is 24.8 Å². The van der Waals surface area contributed by atoms with Gasteiger partial charge >= 0.3 is 0 Å². The van der Waals surface area contributed by atoms with Crippen molar-refractivity contribution in [1.82, 2.24) is 5.32 Å². The van der Waals surface area contributed by atoms with Gasteiger partial charge in [-0.05, 0) is 37.0 Å². The number of rotatable bonds is 5. The van der Waals surface area contributed by atoms with Crippen molar-refractivity contribution in [3.8, 4) is 0 Å². The zero-order valence-electron chi connectivity index (χ0n) is 10.3. The third kappa shape index (κ3) is 2.84. The molecule has 1 N–H and O–H groups in total. The highest BCUT2D eigenvalue weighted by Crippen LogP contribution is 2.23. The molecule has 1 unspecified atom stereocenters. The fourth-order valence-electron chi connectivity index (χ4n) is 1.63. The average Bonchev–Trinajstić information content (AvgIpc) is 2.28. The maximum absolute atomic E-state index is 13.8. The molecule has 1 rings (SSSR count). The van der Waals surface area contributed by atoms with Gasteiger partial charge in [-0.1, -0.05) is 26.5 Å². The maximum Gasteiger partial charge on any atom is 0.132 e. The average molecular weight is 221 g/mol. The van der Waals surface area contributed by atoms with Crippen LogP contribution in [0.25, 0.3) is 5.70 Å². The third-order valence-electron chi connectivity index (χ3n) is 2.89. The van der Waals surface area contributed by atoms with Crippen LogP contribution in [0.2, 0.25) is 0 Å². The van der Waals surface area contributed by atoms with Crippen molar-refractivity contribution in [2.45, 2.75) is 33.1 Å². The molecular weight excluding hydrogens is 201 g/mol. The monoisotopic (exact) mass is 221 g/mol. The van der Waals surface area contributed by atoms with E-state index in [2.05, 4.69) is 25.7 Å². The van der Waals surface area contributed by atoms with Gasteiger partial charge in [0.2, 0.25) is 0 Å². The van der Waals surface area contributed by atoms with E-state index in [0.29, 0.717) is 17.2 Å². The molecule has 0 aliphatic rings. The summed E-state index contributed by atoms with van der Waals surface area (Å²) in [6, 6.07) is 5.41. The molecule has 1 aromatic carbocycles. The van der Waals surface area contributed by atoms with Crippen LogP contribution in [0.5, 0.6) is 0 Å². The summed E-state index contributed by atoms with van der Waals surface area (Å²) >= 11 is 0. The number of benzene rings is 1. The van der Waals surface area contributed by atoms with E-state index in [1.54, 1.807) is 6.07 Å². The first-order valence-electron chi connectivity index (χ1n) is 5.82. The van der Waals surface area contributed by atoms with Crippen molar-refractivity contribution in [2.24, 2.45) is 0 Å². The molecule has 0 bridgehead atoms. The minimum Gasteiger partial charge on any atom is -0.385 e. The van der Waals surface area contributed by atoms with Gasteiger partial charge in [-0.2, -0.15) is 0 Å². The zero-order chi connectivity index (χ0) is 12.1. The third-order valence-corrected chi connectivity index (χ3v) is 2.89. The molecule has 88 valence electrons. The molecule has 0 heterocycles. The summed E-state index contributed by atoms with van der Waals surface area (Å²) in [6.45, 7) is 10.8. The van der Waals surface area contributed by atoms with Crippen molar-refractivity contribution in [3.63, 3.8) is 0 Å². The predicted molar refractivity (Wildman–Crippen MR) is 67.8 cm³/mol. The largest absolute Gasteiger partial charge is 0.385 e.